The van der Waals surface area contributed by atoms with E-state index in [1.807, 2.05) is 0 Å². The molecule has 0 saturated heterocycles. The van der Waals surface area contributed by atoms with Crippen molar-refractivity contribution in [1.29, 1.82) is 0 Å². The number of aliphatic carboxylic acids is 1. The zero-order valence-corrected chi connectivity index (χ0v) is 9.71. The Labute approximate surface area is 103 Å². The monoisotopic (exact) mass is 248 g/mol. The van der Waals surface area contributed by atoms with E-state index in [1.165, 1.54) is 0 Å². The van der Waals surface area contributed by atoms with Gasteiger partial charge in [-0.05, 0) is 18.6 Å². The van der Waals surface area contributed by atoms with Crippen LogP contribution in [0.4, 0.5) is 0 Å². The minimum atomic E-state index is -1.10. The van der Waals surface area contributed by atoms with Crippen molar-refractivity contribution in [2.45, 2.75) is 19.4 Å². The molecule has 6 nitrogen and oxygen atoms in total. The fourth-order valence-electron chi connectivity index (χ4n) is 1.78. The van der Waals surface area contributed by atoms with Gasteiger partial charge in [0.1, 0.15) is 6.04 Å². The van der Waals surface area contributed by atoms with Crippen LogP contribution in [0, 0.1) is 0 Å². The normalized spacial score (nSPS) is 15.7. The predicted molar refractivity (Wildman–Crippen MR) is 61.8 cm³/mol. The molecule has 2 N–H and O–H groups in total. The number of nitrogens with one attached hydrogen (secondary N) is 1. The highest BCUT2D eigenvalue weighted by molar-refractivity contribution is 6.21. The number of fused-ring (bicyclic) bond motifs is 1. The molecule has 0 spiro atoms. The molecule has 1 aromatic rings. The van der Waals surface area contributed by atoms with Crippen LogP contribution in [0.5, 0.6) is 0 Å². The average molecular weight is 248 g/mol. The molecule has 0 saturated carbocycles. The molecule has 1 heterocycles. The number of amides is 2. The van der Waals surface area contributed by atoms with Gasteiger partial charge in [-0.15, -0.1) is 0 Å². The van der Waals surface area contributed by atoms with Gasteiger partial charge in [0, 0.05) is 0 Å². The van der Waals surface area contributed by atoms with Crippen LogP contribution in [0.2, 0.25) is 0 Å². The summed E-state index contributed by atoms with van der Waals surface area (Å²) in [6, 6.07) is 5.43. The van der Waals surface area contributed by atoms with Crippen molar-refractivity contribution in [3.63, 3.8) is 0 Å². The molecule has 1 aliphatic rings. The number of benzene rings is 1. The third-order valence-electron chi connectivity index (χ3n) is 2.79. The number of hydrogen-bond donors (Lipinski definition) is 2. The Balaban J connectivity index is 2.26. The minimum absolute atomic E-state index is 0.267. The van der Waals surface area contributed by atoms with Crippen molar-refractivity contribution in [2.75, 3.05) is 0 Å². The zero-order valence-electron chi connectivity index (χ0n) is 9.71. The molecule has 0 bridgehead atoms. The van der Waals surface area contributed by atoms with Gasteiger partial charge in [-0.3, -0.25) is 14.4 Å². The van der Waals surface area contributed by atoms with Crippen molar-refractivity contribution in [2.24, 2.45) is 0 Å². The van der Waals surface area contributed by atoms with E-state index >= 15 is 0 Å². The number of carboxylic acid groups (broad SMARTS) is 1. The molecule has 0 aliphatic carbocycles. The molecule has 2 amide bonds. The molecule has 1 atom stereocenters. The van der Waals surface area contributed by atoms with E-state index in [4.69, 9.17) is 5.11 Å². The number of nitrogens with zero attached hydrogens (tertiary/aromatic N) is 1. The smallest absolute Gasteiger partial charge is 0.322 e. The van der Waals surface area contributed by atoms with Crippen molar-refractivity contribution >= 4 is 17.8 Å². The second kappa shape index (κ2) is 4.58. The first-order chi connectivity index (χ1) is 8.56. The number of carboxylic acids is 1. The summed E-state index contributed by atoms with van der Waals surface area (Å²) in [4.78, 5) is 34.8. The highest BCUT2D eigenvalue weighted by Crippen LogP contribution is 2.21. The Hall–Kier alpha value is -2.21. The van der Waals surface area contributed by atoms with Gasteiger partial charge in [0.15, 0.2) is 0 Å². The topological polar surface area (TPSA) is 86.7 Å². The third kappa shape index (κ3) is 1.86. The molecule has 1 aromatic carbocycles. The second-order valence-corrected chi connectivity index (χ2v) is 3.92. The first-order valence-electron chi connectivity index (χ1n) is 5.53. The van der Waals surface area contributed by atoms with E-state index in [1.54, 1.807) is 31.2 Å². The Bertz CT molecular complexity index is 492. The SMILES string of the molecule is CCC(NN1C(=O)c2ccccc2C1=O)C(=O)O. The summed E-state index contributed by atoms with van der Waals surface area (Å²) < 4.78 is 0. The van der Waals surface area contributed by atoms with Gasteiger partial charge in [0.25, 0.3) is 11.8 Å². The second-order valence-electron chi connectivity index (χ2n) is 3.92. The molecule has 0 radical (unpaired) electrons. The number of carbonyl (C=O) groups excluding carboxylic acids is 2. The highest BCUT2D eigenvalue weighted by atomic mass is 16.4. The molecule has 2 rings (SSSR count). The first kappa shape index (κ1) is 12.3. The quantitative estimate of drug-likeness (QED) is 0.764. The summed E-state index contributed by atoms with van der Waals surface area (Å²) in [5.41, 5.74) is 3.02. The summed E-state index contributed by atoms with van der Waals surface area (Å²) >= 11 is 0. The lowest BCUT2D eigenvalue weighted by molar-refractivity contribution is -0.140. The lowest BCUT2D eigenvalue weighted by atomic mass is 10.1. The molecule has 1 aliphatic heterocycles. The Morgan fingerprint density at radius 1 is 1.28 bits per heavy atom. The van der Waals surface area contributed by atoms with Gasteiger partial charge in [-0.2, -0.15) is 0 Å². The average Bonchev–Trinajstić information content (AvgIpc) is 2.60. The maximum atomic E-state index is 11.9. The van der Waals surface area contributed by atoms with Crippen molar-refractivity contribution in [3.8, 4) is 0 Å². The number of hydrazine groups is 1. The summed E-state index contributed by atoms with van der Waals surface area (Å²) in [6.07, 6.45) is 0.267. The maximum absolute atomic E-state index is 11.9. The fourth-order valence-corrected chi connectivity index (χ4v) is 1.78. The van der Waals surface area contributed by atoms with Crippen LogP contribution in [0.3, 0.4) is 0 Å². The van der Waals surface area contributed by atoms with Gasteiger partial charge < -0.3 is 5.11 Å². The summed E-state index contributed by atoms with van der Waals surface area (Å²) in [5, 5.41) is 9.68. The zero-order chi connectivity index (χ0) is 13.3. The van der Waals surface area contributed by atoms with Crippen LogP contribution in [0.15, 0.2) is 24.3 Å². The van der Waals surface area contributed by atoms with Crippen molar-refractivity contribution < 1.29 is 19.5 Å². The Morgan fingerprint density at radius 3 is 2.17 bits per heavy atom. The predicted octanol–water partition coefficient (Wildman–Crippen LogP) is 0.650. The molecule has 6 heteroatoms. The maximum Gasteiger partial charge on any atom is 0.322 e. The molecule has 1 unspecified atom stereocenters. The van der Waals surface area contributed by atoms with Crippen molar-refractivity contribution in [1.82, 2.24) is 10.4 Å². The van der Waals surface area contributed by atoms with Gasteiger partial charge >= 0.3 is 5.97 Å². The van der Waals surface area contributed by atoms with Gasteiger partial charge in [-0.25, -0.2) is 10.4 Å². The minimum Gasteiger partial charge on any atom is -0.480 e. The highest BCUT2D eigenvalue weighted by Gasteiger charge is 2.37. The van der Waals surface area contributed by atoms with Gasteiger partial charge in [0.2, 0.25) is 0 Å². The van der Waals surface area contributed by atoms with Gasteiger partial charge in [-0.1, -0.05) is 19.1 Å². The summed E-state index contributed by atoms with van der Waals surface area (Å²) in [7, 11) is 0. The molecular weight excluding hydrogens is 236 g/mol. The van der Waals surface area contributed by atoms with E-state index in [0.29, 0.717) is 0 Å². The molecular formula is C12H12N2O4. The number of imide groups is 1. The Kier molecular flexibility index (Phi) is 3.12. The van der Waals surface area contributed by atoms with E-state index in [9.17, 15) is 14.4 Å². The summed E-state index contributed by atoms with van der Waals surface area (Å²) in [5.74, 6) is -2.14. The molecule has 0 fully saturated rings. The van der Waals surface area contributed by atoms with E-state index < -0.39 is 23.8 Å². The van der Waals surface area contributed by atoms with Crippen molar-refractivity contribution in [3.05, 3.63) is 35.4 Å². The number of carbonyl (C=O) groups is 3. The first-order valence-corrected chi connectivity index (χ1v) is 5.53. The Morgan fingerprint density at radius 2 is 1.78 bits per heavy atom. The molecule has 0 aromatic heterocycles. The van der Waals surface area contributed by atoms with Crippen LogP contribution in [0.25, 0.3) is 0 Å². The van der Waals surface area contributed by atoms with E-state index in [-0.39, 0.29) is 17.5 Å². The van der Waals surface area contributed by atoms with Crippen LogP contribution in [0.1, 0.15) is 34.1 Å². The summed E-state index contributed by atoms with van der Waals surface area (Å²) in [6.45, 7) is 1.66. The largest absolute Gasteiger partial charge is 0.480 e. The fraction of sp³-hybridized carbons (Fsp3) is 0.250. The number of hydrogen-bond acceptors (Lipinski definition) is 4. The van der Waals surface area contributed by atoms with Crippen LogP contribution < -0.4 is 5.43 Å². The van der Waals surface area contributed by atoms with Crippen LogP contribution in [-0.2, 0) is 4.79 Å². The van der Waals surface area contributed by atoms with E-state index in [0.717, 1.165) is 5.01 Å². The molecule has 94 valence electrons. The molecule has 18 heavy (non-hydrogen) atoms. The van der Waals surface area contributed by atoms with Gasteiger partial charge in [0.05, 0.1) is 11.1 Å². The van der Waals surface area contributed by atoms with Crippen LogP contribution >= 0.6 is 0 Å². The lowest BCUT2D eigenvalue weighted by Gasteiger charge is -2.19. The standard InChI is InChI=1S/C12H12N2O4/c1-2-9(12(17)18)13-14-10(15)7-5-3-4-6-8(7)11(14)16/h3-6,9,13H,2H2,1H3,(H,17,18). The lowest BCUT2D eigenvalue weighted by Crippen LogP contribution is -2.50. The van der Waals surface area contributed by atoms with E-state index in [2.05, 4.69) is 5.43 Å². The number of rotatable bonds is 4. The third-order valence-corrected chi connectivity index (χ3v) is 2.79. The van der Waals surface area contributed by atoms with Crippen LogP contribution in [-0.4, -0.2) is 33.9 Å².